The van der Waals surface area contributed by atoms with Crippen LogP contribution in [-0.4, -0.2) is 31.1 Å². The fourth-order valence-corrected chi connectivity index (χ4v) is 3.20. The van der Waals surface area contributed by atoms with E-state index in [1.807, 2.05) is 29.7 Å². The third-order valence-electron chi connectivity index (χ3n) is 3.47. The van der Waals surface area contributed by atoms with Gasteiger partial charge in [-0.2, -0.15) is 0 Å². The van der Waals surface area contributed by atoms with E-state index in [1.54, 1.807) is 7.05 Å². The topological polar surface area (TPSA) is 49.3 Å². The molecular weight excluding hydrogens is 455 g/mol. The molecule has 24 heavy (non-hydrogen) atoms. The molecule has 1 unspecified atom stereocenters. The van der Waals surface area contributed by atoms with Crippen LogP contribution in [0.5, 0.6) is 0 Å². The molecule has 0 bridgehead atoms. The molecule has 0 aliphatic carbocycles. The van der Waals surface area contributed by atoms with Crippen LogP contribution in [0.2, 0.25) is 5.15 Å². The summed E-state index contributed by atoms with van der Waals surface area (Å²) < 4.78 is 0. The van der Waals surface area contributed by atoms with Crippen molar-refractivity contribution in [1.82, 2.24) is 15.6 Å². The maximum absolute atomic E-state index is 5.79. The Morgan fingerprint density at radius 1 is 1.33 bits per heavy atom. The molecule has 7 heteroatoms. The zero-order valence-corrected chi connectivity index (χ0v) is 17.9. The number of nitrogens with zero attached hydrogens (tertiary/aromatic N) is 2. The van der Waals surface area contributed by atoms with Gasteiger partial charge in [0.1, 0.15) is 5.15 Å². The zero-order chi connectivity index (χ0) is 16.5. The Bertz CT molecular complexity index is 602. The first kappa shape index (κ1) is 21.2. The van der Waals surface area contributed by atoms with Gasteiger partial charge in [0, 0.05) is 31.2 Å². The molecule has 2 N–H and O–H groups in total. The van der Waals surface area contributed by atoms with E-state index in [4.69, 9.17) is 11.6 Å². The van der Waals surface area contributed by atoms with Crippen LogP contribution in [0.3, 0.4) is 0 Å². The van der Waals surface area contributed by atoms with Crippen molar-refractivity contribution in [3.63, 3.8) is 0 Å². The second kappa shape index (κ2) is 11.7. The van der Waals surface area contributed by atoms with Crippen molar-refractivity contribution >= 4 is 52.9 Å². The van der Waals surface area contributed by atoms with Crippen LogP contribution < -0.4 is 10.6 Å². The Kier molecular flexibility index (Phi) is 10.3. The fraction of sp³-hybridized carbons (Fsp3) is 0.412. The minimum atomic E-state index is 0. The molecular formula is C17H24ClIN4S. The summed E-state index contributed by atoms with van der Waals surface area (Å²) in [6, 6.07) is 8.10. The summed E-state index contributed by atoms with van der Waals surface area (Å²) >= 11 is 7.60. The van der Waals surface area contributed by atoms with Gasteiger partial charge < -0.3 is 10.6 Å². The van der Waals surface area contributed by atoms with Crippen LogP contribution >= 0.6 is 46.9 Å². The van der Waals surface area contributed by atoms with Crippen LogP contribution in [0, 0.1) is 5.92 Å². The molecule has 0 spiro atoms. The van der Waals surface area contributed by atoms with E-state index in [-0.39, 0.29) is 24.0 Å². The number of pyridine rings is 1. The third kappa shape index (κ3) is 7.81. The van der Waals surface area contributed by atoms with E-state index < -0.39 is 0 Å². The van der Waals surface area contributed by atoms with E-state index in [2.05, 4.69) is 45.0 Å². The highest BCUT2D eigenvalue weighted by Gasteiger charge is 2.06. The second-order valence-corrected chi connectivity index (χ2v) is 6.93. The number of halogens is 2. The average molecular weight is 479 g/mol. The molecule has 2 aromatic rings. The molecule has 0 fully saturated rings. The lowest BCUT2D eigenvalue weighted by atomic mass is 10.1. The number of hydrogen-bond donors (Lipinski definition) is 2. The molecule has 1 atom stereocenters. The Balaban J connectivity index is 0.00000288. The zero-order valence-electron chi connectivity index (χ0n) is 14.0. The van der Waals surface area contributed by atoms with E-state index in [1.165, 1.54) is 4.88 Å². The van der Waals surface area contributed by atoms with Crippen LogP contribution in [0.1, 0.15) is 17.4 Å². The lowest BCUT2D eigenvalue weighted by Gasteiger charge is -2.15. The Morgan fingerprint density at radius 2 is 2.17 bits per heavy atom. The summed E-state index contributed by atoms with van der Waals surface area (Å²) in [6.45, 7) is 3.96. The largest absolute Gasteiger partial charge is 0.356 e. The highest BCUT2D eigenvalue weighted by Crippen LogP contribution is 2.13. The SMILES string of the molecule is CN=C(NCCc1ccc(Cl)nc1)NCC(C)Cc1cccs1.I. The van der Waals surface area contributed by atoms with Crippen LogP contribution in [0.4, 0.5) is 0 Å². The average Bonchev–Trinajstić information content (AvgIpc) is 3.05. The summed E-state index contributed by atoms with van der Waals surface area (Å²) in [5.41, 5.74) is 1.16. The van der Waals surface area contributed by atoms with Crippen molar-refractivity contribution < 1.29 is 0 Å². The molecule has 132 valence electrons. The molecule has 0 saturated heterocycles. The van der Waals surface area contributed by atoms with Gasteiger partial charge in [-0.05, 0) is 41.8 Å². The molecule has 0 saturated carbocycles. The van der Waals surface area contributed by atoms with Crippen molar-refractivity contribution in [1.29, 1.82) is 0 Å². The van der Waals surface area contributed by atoms with Crippen molar-refractivity contribution in [2.75, 3.05) is 20.1 Å². The van der Waals surface area contributed by atoms with E-state index in [0.717, 1.165) is 37.5 Å². The summed E-state index contributed by atoms with van der Waals surface area (Å²) in [6.07, 6.45) is 3.79. The van der Waals surface area contributed by atoms with Crippen molar-refractivity contribution in [3.05, 3.63) is 51.4 Å². The molecule has 2 heterocycles. The van der Waals surface area contributed by atoms with Gasteiger partial charge in [0.2, 0.25) is 0 Å². The van der Waals surface area contributed by atoms with Crippen molar-refractivity contribution in [2.24, 2.45) is 10.9 Å². The van der Waals surface area contributed by atoms with Crippen LogP contribution in [-0.2, 0) is 12.8 Å². The van der Waals surface area contributed by atoms with Gasteiger partial charge in [0.05, 0.1) is 0 Å². The van der Waals surface area contributed by atoms with Crippen LogP contribution in [0.15, 0.2) is 40.8 Å². The standard InChI is InChI=1S/C17H23ClN4S.HI/c1-13(10-15-4-3-9-23-15)11-22-17(19-2)20-8-7-14-5-6-16(18)21-12-14;/h3-6,9,12-13H,7-8,10-11H2,1-2H3,(H2,19,20,22);1H. The molecule has 0 aromatic carbocycles. The van der Waals surface area contributed by atoms with Gasteiger partial charge in [-0.3, -0.25) is 4.99 Å². The minimum Gasteiger partial charge on any atom is -0.356 e. The predicted molar refractivity (Wildman–Crippen MR) is 115 cm³/mol. The van der Waals surface area contributed by atoms with E-state index in [9.17, 15) is 0 Å². The van der Waals surface area contributed by atoms with Crippen molar-refractivity contribution in [2.45, 2.75) is 19.8 Å². The minimum absolute atomic E-state index is 0. The third-order valence-corrected chi connectivity index (χ3v) is 4.59. The summed E-state index contributed by atoms with van der Waals surface area (Å²) in [5, 5.41) is 9.36. The van der Waals surface area contributed by atoms with Gasteiger partial charge in [-0.1, -0.05) is 30.7 Å². The number of hydrogen-bond acceptors (Lipinski definition) is 3. The molecule has 0 radical (unpaired) electrons. The summed E-state index contributed by atoms with van der Waals surface area (Å²) in [4.78, 5) is 9.78. The fourth-order valence-electron chi connectivity index (χ4n) is 2.22. The Hall–Kier alpha value is -0.860. The Labute approximate surface area is 170 Å². The van der Waals surface area contributed by atoms with Gasteiger partial charge in [-0.25, -0.2) is 4.98 Å². The lowest BCUT2D eigenvalue weighted by Crippen LogP contribution is -2.40. The number of thiophene rings is 1. The maximum atomic E-state index is 5.79. The van der Waals surface area contributed by atoms with Gasteiger partial charge >= 0.3 is 0 Å². The van der Waals surface area contributed by atoms with E-state index >= 15 is 0 Å². The Morgan fingerprint density at radius 3 is 2.79 bits per heavy atom. The monoisotopic (exact) mass is 478 g/mol. The highest BCUT2D eigenvalue weighted by molar-refractivity contribution is 14.0. The second-order valence-electron chi connectivity index (χ2n) is 5.51. The van der Waals surface area contributed by atoms with E-state index in [0.29, 0.717) is 11.1 Å². The maximum Gasteiger partial charge on any atom is 0.190 e. The number of aliphatic imine (C=N–C) groups is 1. The number of guanidine groups is 1. The smallest absolute Gasteiger partial charge is 0.190 e. The first-order chi connectivity index (χ1) is 11.2. The summed E-state index contributed by atoms with van der Waals surface area (Å²) in [7, 11) is 1.79. The first-order valence-corrected chi connectivity index (χ1v) is 9.00. The molecule has 4 nitrogen and oxygen atoms in total. The quantitative estimate of drug-likeness (QED) is 0.274. The van der Waals surface area contributed by atoms with Crippen molar-refractivity contribution in [3.8, 4) is 0 Å². The highest BCUT2D eigenvalue weighted by atomic mass is 127. The molecule has 0 aliphatic rings. The molecule has 0 amide bonds. The predicted octanol–water partition coefficient (Wildman–Crippen LogP) is 4.00. The van der Waals surface area contributed by atoms with Gasteiger partial charge in [-0.15, -0.1) is 35.3 Å². The van der Waals surface area contributed by atoms with Gasteiger partial charge in [0.25, 0.3) is 0 Å². The molecule has 2 aromatic heterocycles. The first-order valence-electron chi connectivity index (χ1n) is 7.74. The number of rotatable bonds is 7. The number of aromatic nitrogens is 1. The lowest BCUT2D eigenvalue weighted by molar-refractivity contribution is 0.562. The van der Waals surface area contributed by atoms with Gasteiger partial charge in [0.15, 0.2) is 5.96 Å². The summed E-state index contributed by atoms with van der Waals surface area (Å²) in [5.74, 6) is 1.40. The molecule has 2 rings (SSSR count). The number of nitrogens with one attached hydrogen (secondary N) is 2. The van der Waals surface area contributed by atoms with Crippen LogP contribution in [0.25, 0.3) is 0 Å². The molecule has 0 aliphatic heterocycles. The normalized spacial score (nSPS) is 12.4.